The van der Waals surface area contributed by atoms with Crippen molar-refractivity contribution < 1.29 is 25.6 Å². The fourth-order valence-corrected chi connectivity index (χ4v) is 8.06. The summed E-state index contributed by atoms with van der Waals surface area (Å²) < 4.78 is 79.8. The molecule has 0 aliphatic carbocycles. The summed E-state index contributed by atoms with van der Waals surface area (Å²) in [5.74, 6) is 0.516. The van der Waals surface area contributed by atoms with Gasteiger partial charge in [-0.2, -0.15) is 10.5 Å². The second kappa shape index (κ2) is 17.4. The zero-order chi connectivity index (χ0) is 46.1. The molecule has 4 aromatic carbocycles. The molecule has 0 saturated carbocycles. The molecule has 8 aromatic rings. The lowest BCUT2D eigenvalue weighted by atomic mass is 10.2. The van der Waals surface area contributed by atoms with Gasteiger partial charge in [-0.25, -0.2) is 55.5 Å². The number of nitrogens with two attached hydrogens (primary N) is 2. The second-order valence-electron chi connectivity index (χ2n) is 14.3. The minimum atomic E-state index is -3.46. The first-order valence-corrected chi connectivity index (χ1v) is 22.7. The second-order valence-corrected chi connectivity index (χ2v) is 18.4. The Morgan fingerprint density at radius 2 is 1.00 bits per heavy atom. The van der Waals surface area contributed by atoms with E-state index in [1.807, 2.05) is 12.1 Å². The van der Waals surface area contributed by atoms with Crippen molar-refractivity contribution in [3.8, 4) is 23.5 Å². The summed E-state index contributed by atoms with van der Waals surface area (Å²) in [5, 5.41) is 25.0. The molecule has 8 rings (SSSR count). The molecule has 0 unspecified atom stereocenters. The van der Waals surface area contributed by atoms with Crippen LogP contribution in [-0.4, -0.2) is 68.4 Å². The smallest absolute Gasteiger partial charge is 0.175 e. The van der Waals surface area contributed by atoms with E-state index in [1.165, 1.54) is 61.2 Å². The van der Waals surface area contributed by atoms with Gasteiger partial charge in [0.1, 0.15) is 82.5 Å². The molecular formula is C42H36F2N14O4S2. The van der Waals surface area contributed by atoms with Crippen LogP contribution in [-0.2, 0) is 19.7 Å². The first-order valence-electron chi connectivity index (χ1n) is 18.9. The number of fused-ring (bicyclic) bond motifs is 2. The number of hydrogen-bond donors (Lipinski definition) is 4. The third-order valence-corrected chi connectivity index (χ3v) is 12.0. The summed E-state index contributed by atoms with van der Waals surface area (Å²) in [6.45, 7) is 3.57. The maximum Gasteiger partial charge on any atom is 0.175 e. The summed E-state index contributed by atoms with van der Waals surface area (Å²) >= 11 is 0. The van der Waals surface area contributed by atoms with E-state index in [4.69, 9.17) is 11.5 Å². The molecule has 2 atom stereocenters. The van der Waals surface area contributed by atoms with E-state index < -0.39 is 43.4 Å². The topological polar surface area (TPSA) is 279 Å². The molecular weight excluding hydrogens is 867 g/mol. The molecule has 0 aliphatic rings. The highest BCUT2D eigenvalue weighted by atomic mass is 32.2. The van der Waals surface area contributed by atoms with Crippen molar-refractivity contribution in [3.05, 3.63) is 132 Å². The van der Waals surface area contributed by atoms with Crippen molar-refractivity contribution in [2.75, 3.05) is 34.6 Å². The van der Waals surface area contributed by atoms with E-state index >= 15 is 0 Å². The largest absolute Gasteiger partial charge is 0.382 e. The number of anilines is 4. The van der Waals surface area contributed by atoms with Gasteiger partial charge in [0.2, 0.25) is 0 Å². The number of hydrogen-bond acceptors (Lipinski definition) is 16. The van der Waals surface area contributed by atoms with Crippen molar-refractivity contribution in [2.24, 2.45) is 0 Å². The maximum atomic E-state index is 14.1. The quantitative estimate of drug-likeness (QED) is 0.123. The van der Waals surface area contributed by atoms with E-state index in [1.54, 1.807) is 59.4 Å². The molecule has 324 valence electrons. The molecule has 6 N–H and O–H groups in total. The molecule has 0 amide bonds. The Balaban J connectivity index is 0.000000191. The molecule has 0 spiro atoms. The summed E-state index contributed by atoms with van der Waals surface area (Å²) in [6.07, 6.45) is 4.70. The van der Waals surface area contributed by atoms with Crippen molar-refractivity contribution in [1.29, 1.82) is 10.5 Å². The Kier molecular flexibility index (Phi) is 11.9. The lowest BCUT2D eigenvalue weighted by Gasteiger charge is -2.18. The minimum absolute atomic E-state index is 0.0358. The summed E-state index contributed by atoms with van der Waals surface area (Å²) in [5.41, 5.74) is 14.7. The van der Waals surface area contributed by atoms with Gasteiger partial charge in [0.15, 0.2) is 19.7 Å². The number of rotatable bonds is 10. The number of halogens is 2. The summed E-state index contributed by atoms with van der Waals surface area (Å²) in [7, 11) is -6.93. The number of nitrogen functional groups attached to an aromatic ring is 2. The third-order valence-electron chi connectivity index (χ3n) is 9.75. The highest BCUT2D eigenvalue weighted by Crippen LogP contribution is 2.32. The highest BCUT2D eigenvalue weighted by molar-refractivity contribution is 7.91. The van der Waals surface area contributed by atoms with Crippen molar-refractivity contribution >= 4 is 65.0 Å². The summed E-state index contributed by atoms with van der Waals surface area (Å²) in [6, 6.07) is 23.9. The van der Waals surface area contributed by atoms with E-state index in [0.717, 1.165) is 12.5 Å². The number of sulfone groups is 2. The zero-order valence-electron chi connectivity index (χ0n) is 34.2. The Labute approximate surface area is 364 Å². The lowest BCUT2D eigenvalue weighted by molar-refractivity contribution is 0.600. The zero-order valence-corrected chi connectivity index (χ0v) is 35.9. The predicted molar refractivity (Wildman–Crippen MR) is 235 cm³/mol. The molecule has 64 heavy (non-hydrogen) atoms. The van der Waals surface area contributed by atoms with Crippen LogP contribution in [0, 0.1) is 34.3 Å². The maximum absolute atomic E-state index is 14.1. The number of aromatic nitrogens is 8. The van der Waals surface area contributed by atoms with Gasteiger partial charge < -0.3 is 22.1 Å². The van der Waals surface area contributed by atoms with E-state index in [-0.39, 0.29) is 44.2 Å². The Bertz CT molecular complexity index is 3210. The average molecular weight is 903 g/mol. The van der Waals surface area contributed by atoms with Crippen LogP contribution in [0.15, 0.2) is 107 Å². The first kappa shape index (κ1) is 44.0. The number of nitriles is 2. The Hall–Kier alpha value is -8.08. The molecule has 0 radical (unpaired) electrons. The fraction of sp³-hybridized carbons (Fsp3) is 0.143. The monoisotopic (exact) mass is 902 g/mol. The number of imidazole rings is 2. The normalized spacial score (nSPS) is 12.4. The van der Waals surface area contributed by atoms with Gasteiger partial charge in [-0.3, -0.25) is 9.13 Å². The predicted octanol–water partition coefficient (Wildman–Crippen LogP) is 5.97. The van der Waals surface area contributed by atoms with Gasteiger partial charge >= 0.3 is 0 Å². The van der Waals surface area contributed by atoms with Gasteiger partial charge in [0.25, 0.3) is 0 Å². The standard InChI is InChI=1S/2C21H18FN7O2S/c2*1-12(27-20-16(10-23)19(24)25-11-26-20)21-28-17-7-6-13(22)8-18(17)29(21)14-4-3-5-15(9-14)32(2,30)31/h2*3-9,11-12H,1-2H3,(H3,24,25,26,27)/t2*12-/m10/s1. The molecule has 0 bridgehead atoms. The minimum Gasteiger partial charge on any atom is -0.382 e. The van der Waals surface area contributed by atoms with E-state index in [0.29, 0.717) is 45.1 Å². The third kappa shape index (κ3) is 8.95. The van der Waals surface area contributed by atoms with Gasteiger partial charge in [-0.05, 0) is 74.5 Å². The highest BCUT2D eigenvalue weighted by Gasteiger charge is 2.24. The Morgan fingerprint density at radius 3 is 1.36 bits per heavy atom. The van der Waals surface area contributed by atoms with Gasteiger partial charge in [-0.1, -0.05) is 12.1 Å². The number of nitrogens with zero attached hydrogens (tertiary/aromatic N) is 10. The van der Waals surface area contributed by atoms with Gasteiger partial charge in [-0.15, -0.1) is 0 Å². The molecule has 0 saturated heterocycles. The van der Waals surface area contributed by atoms with Crippen LogP contribution in [0.25, 0.3) is 33.4 Å². The van der Waals surface area contributed by atoms with Crippen molar-refractivity contribution in [1.82, 2.24) is 39.0 Å². The van der Waals surface area contributed by atoms with Crippen LogP contribution in [0.1, 0.15) is 48.7 Å². The van der Waals surface area contributed by atoms with Crippen molar-refractivity contribution in [3.63, 3.8) is 0 Å². The molecule has 22 heteroatoms. The first-order chi connectivity index (χ1) is 30.4. The average Bonchev–Trinajstić information content (AvgIpc) is 3.82. The van der Waals surface area contributed by atoms with Crippen LogP contribution in [0.2, 0.25) is 0 Å². The van der Waals surface area contributed by atoms with Crippen LogP contribution in [0.4, 0.5) is 32.1 Å². The van der Waals surface area contributed by atoms with Crippen LogP contribution >= 0.6 is 0 Å². The SMILES string of the molecule is C[C@@H](Nc1ncnc(N)c1C#N)c1nc2ccc(F)cc2n1-c1cccc(S(C)(=O)=O)c1.C[C@H](Nc1ncnc(N)c1C#N)c1nc2ccc(F)cc2n1-c1cccc(S(C)(=O)=O)c1. The molecule has 0 aliphatic heterocycles. The number of nitrogens with one attached hydrogen (secondary N) is 2. The molecule has 0 fully saturated rings. The van der Waals surface area contributed by atoms with Gasteiger partial charge in [0, 0.05) is 36.0 Å². The van der Waals surface area contributed by atoms with Crippen LogP contribution in [0.5, 0.6) is 0 Å². The fourth-order valence-electron chi connectivity index (χ4n) is 6.74. The molecule has 4 heterocycles. The number of benzene rings is 4. The Morgan fingerprint density at radius 1 is 0.609 bits per heavy atom. The lowest BCUT2D eigenvalue weighted by Crippen LogP contribution is -2.15. The molecule has 4 aromatic heterocycles. The van der Waals surface area contributed by atoms with Crippen LogP contribution < -0.4 is 22.1 Å². The van der Waals surface area contributed by atoms with E-state index in [2.05, 4.69) is 40.5 Å². The van der Waals surface area contributed by atoms with Crippen molar-refractivity contribution in [2.45, 2.75) is 35.7 Å². The van der Waals surface area contributed by atoms with E-state index in [9.17, 15) is 36.1 Å². The van der Waals surface area contributed by atoms with Crippen LogP contribution in [0.3, 0.4) is 0 Å². The van der Waals surface area contributed by atoms with Gasteiger partial charge in [0.05, 0.1) is 43.9 Å². The molecule has 18 nitrogen and oxygen atoms in total. The summed E-state index contributed by atoms with van der Waals surface area (Å²) in [4.78, 5) is 25.3.